The molecule has 3 heterocycles. The third kappa shape index (κ3) is 5.03. The van der Waals surface area contributed by atoms with Crippen molar-refractivity contribution in [2.45, 2.75) is 29.5 Å². The van der Waals surface area contributed by atoms with Gasteiger partial charge >= 0.3 is 4.87 Å². The van der Waals surface area contributed by atoms with E-state index < -0.39 is 5.92 Å². The molecule has 1 saturated heterocycles. The maximum absolute atomic E-state index is 14.1. The van der Waals surface area contributed by atoms with Gasteiger partial charge in [0.15, 0.2) is 6.61 Å². The minimum Gasteiger partial charge on any atom is -0.497 e. The molecule has 1 aromatic heterocycles. The van der Waals surface area contributed by atoms with Crippen LogP contribution >= 0.6 is 39.0 Å². The summed E-state index contributed by atoms with van der Waals surface area (Å²) < 4.78 is 12.2. The molecule has 7 atom stereocenters. The number of aromatic nitrogens is 1. The van der Waals surface area contributed by atoms with Crippen LogP contribution in [0.4, 0.5) is 11.4 Å². The number of methoxy groups -OCH3 is 1. The van der Waals surface area contributed by atoms with E-state index in [-0.39, 0.29) is 64.0 Å². The predicted molar refractivity (Wildman–Crippen MR) is 183 cm³/mol. The molecule has 4 aliphatic rings. The monoisotopic (exact) mass is 731 g/mol. The number of carbonyl (C=O) groups excluding carboxylic acids is 3. The van der Waals surface area contributed by atoms with Crippen molar-refractivity contribution in [2.75, 3.05) is 23.9 Å². The van der Waals surface area contributed by atoms with Crippen LogP contribution < -0.4 is 24.6 Å². The molecule has 3 fully saturated rings. The highest BCUT2D eigenvalue weighted by Crippen LogP contribution is 2.69. The van der Waals surface area contributed by atoms with E-state index >= 15 is 0 Å². The second kappa shape index (κ2) is 11.7. The Morgan fingerprint density at radius 1 is 1.00 bits per heavy atom. The molecule has 12 heteroatoms. The minimum atomic E-state index is -0.415. The second-order valence-corrected chi connectivity index (χ2v) is 15.7. The van der Waals surface area contributed by atoms with Gasteiger partial charge in [-0.2, -0.15) is 0 Å². The molecular weight excluding hydrogens is 702 g/mol. The Morgan fingerprint density at radius 2 is 1.72 bits per heavy atom. The van der Waals surface area contributed by atoms with Crippen LogP contribution in [0.1, 0.15) is 28.3 Å². The summed E-state index contributed by atoms with van der Waals surface area (Å²) in [6.07, 6.45) is 0.779. The summed E-state index contributed by atoms with van der Waals surface area (Å²) in [6.45, 7) is 1.76. The van der Waals surface area contributed by atoms with Crippen LogP contribution in [0.2, 0.25) is 0 Å². The zero-order valence-corrected chi connectivity index (χ0v) is 28.6. The number of fused-ring (bicyclic) bond motifs is 9. The second-order valence-electron chi connectivity index (χ2n) is 12.6. The van der Waals surface area contributed by atoms with Crippen molar-refractivity contribution in [1.82, 2.24) is 4.98 Å². The number of anilines is 2. The number of halogens is 1. The third-order valence-electron chi connectivity index (χ3n) is 10.1. The van der Waals surface area contributed by atoms with Crippen molar-refractivity contribution in [3.8, 4) is 11.5 Å². The summed E-state index contributed by atoms with van der Waals surface area (Å²) in [5.41, 5.74) is 3.14. The first-order chi connectivity index (χ1) is 22.7. The number of aromatic amines is 1. The van der Waals surface area contributed by atoms with Crippen molar-refractivity contribution in [2.24, 2.45) is 29.6 Å². The summed E-state index contributed by atoms with van der Waals surface area (Å²) in [4.78, 5) is 58.9. The Bertz CT molecular complexity index is 1980. The number of hydrogen-bond acceptors (Lipinski definition) is 8. The van der Waals surface area contributed by atoms with Gasteiger partial charge in [0.1, 0.15) is 11.5 Å². The fourth-order valence-electron chi connectivity index (χ4n) is 8.22. The van der Waals surface area contributed by atoms with E-state index in [1.807, 2.05) is 49.4 Å². The molecule has 3 amide bonds. The van der Waals surface area contributed by atoms with Gasteiger partial charge in [0.25, 0.3) is 5.91 Å². The van der Waals surface area contributed by atoms with Crippen LogP contribution in [0.25, 0.3) is 0 Å². The Hall–Kier alpha value is -3.87. The van der Waals surface area contributed by atoms with E-state index in [2.05, 4.69) is 26.2 Å². The summed E-state index contributed by atoms with van der Waals surface area (Å²) in [7, 11) is 1.58. The van der Waals surface area contributed by atoms with Crippen molar-refractivity contribution >= 4 is 68.1 Å². The molecule has 2 aliphatic carbocycles. The summed E-state index contributed by atoms with van der Waals surface area (Å²) in [6, 6.07) is 20.3. The molecule has 8 rings (SSSR count). The lowest BCUT2D eigenvalue weighted by molar-refractivity contribution is -0.123. The van der Waals surface area contributed by atoms with Crippen molar-refractivity contribution in [1.29, 1.82) is 0 Å². The van der Waals surface area contributed by atoms with Crippen molar-refractivity contribution < 1.29 is 23.9 Å². The first-order valence-corrected chi connectivity index (χ1v) is 17.9. The van der Waals surface area contributed by atoms with Gasteiger partial charge in [0.2, 0.25) is 11.8 Å². The highest BCUT2D eigenvalue weighted by molar-refractivity contribution is 9.10. The average molecular weight is 733 g/mol. The van der Waals surface area contributed by atoms with Crippen LogP contribution in [0.3, 0.4) is 0 Å². The summed E-state index contributed by atoms with van der Waals surface area (Å²) >= 11 is 6.46. The van der Waals surface area contributed by atoms with Crippen LogP contribution in [0.5, 0.6) is 11.5 Å². The van der Waals surface area contributed by atoms with E-state index in [1.165, 1.54) is 16.2 Å². The van der Waals surface area contributed by atoms with E-state index in [1.54, 1.807) is 43.1 Å². The molecule has 2 bridgehead atoms. The number of imide groups is 1. The molecule has 4 unspecified atom stereocenters. The predicted octanol–water partition coefficient (Wildman–Crippen LogP) is 6.21. The van der Waals surface area contributed by atoms with Gasteiger partial charge in [0.05, 0.1) is 29.7 Å². The van der Waals surface area contributed by atoms with Gasteiger partial charge in [-0.05, 0) is 85.7 Å². The van der Waals surface area contributed by atoms with Crippen LogP contribution in [-0.4, -0.2) is 41.7 Å². The standard InChI is InChI=1S/C35H30BrN3O6S2/c1-16-3-8-19(9-4-16)39-33(41)28-22-14-23(29(28)34(39)42)30-27(22)26(31-32(46-30)38-35(43)47-31)21-13-17(36)5-12-24(21)45-15-25(40)37-18-6-10-20(44-2)11-7-18/h3-13,22-23,26-30H,14-15H2,1-2H3,(H,37,40)(H,38,43)/t22-,23-,26-,27?,28?,29?,30?/m1/s1. The molecule has 4 aromatic rings. The fourth-order valence-corrected chi connectivity index (χ4v) is 11.5. The molecule has 3 aromatic carbocycles. The molecule has 47 heavy (non-hydrogen) atoms. The molecule has 240 valence electrons. The van der Waals surface area contributed by atoms with Gasteiger partial charge < -0.3 is 19.8 Å². The molecule has 2 aliphatic heterocycles. The molecule has 0 radical (unpaired) electrons. The zero-order chi connectivity index (χ0) is 32.6. The molecule has 2 saturated carbocycles. The average Bonchev–Trinajstić information content (AvgIpc) is 3.80. The van der Waals surface area contributed by atoms with E-state index in [4.69, 9.17) is 9.47 Å². The van der Waals surface area contributed by atoms with Crippen molar-refractivity contribution in [3.63, 3.8) is 0 Å². The lowest BCUT2D eigenvalue weighted by Gasteiger charge is -2.43. The number of nitrogens with zero attached hydrogens (tertiary/aromatic N) is 1. The minimum absolute atomic E-state index is 0.00209. The Balaban J connectivity index is 1.12. The third-order valence-corrected chi connectivity index (χ3v) is 13.1. The van der Waals surface area contributed by atoms with Gasteiger partial charge in [-0.25, -0.2) is 0 Å². The number of ether oxygens (including phenoxy) is 2. The SMILES string of the molecule is COc1ccc(NC(=O)COc2ccc(Br)cc2[C@H]2c3sc(=O)[nH]c3SC3C2[C@H]2C[C@@H]3C3C(=O)N(c4ccc(C)cc4)C(=O)C32)cc1. The lowest BCUT2D eigenvalue weighted by Crippen LogP contribution is -2.42. The first kappa shape index (κ1) is 30.5. The van der Waals surface area contributed by atoms with E-state index in [0.29, 0.717) is 22.9 Å². The number of thiazole rings is 1. The Kier molecular flexibility index (Phi) is 7.57. The number of nitrogens with one attached hydrogen (secondary N) is 2. The number of H-pyrrole nitrogens is 1. The van der Waals surface area contributed by atoms with Crippen LogP contribution in [-0.2, 0) is 14.4 Å². The molecular formula is C35H30BrN3O6S2. The molecule has 0 spiro atoms. The molecule has 2 N–H and O–H groups in total. The number of benzene rings is 3. The number of rotatable bonds is 7. The Labute approximate surface area is 287 Å². The van der Waals surface area contributed by atoms with E-state index in [0.717, 1.165) is 31.9 Å². The van der Waals surface area contributed by atoms with E-state index in [9.17, 15) is 19.2 Å². The topological polar surface area (TPSA) is 118 Å². The normalized spacial score (nSPS) is 27.0. The van der Waals surface area contributed by atoms with Gasteiger partial charge in [-0.1, -0.05) is 45.0 Å². The maximum Gasteiger partial charge on any atom is 0.305 e. The largest absolute Gasteiger partial charge is 0.497 e. The number of aryl methyl sites for hydroxylation is 1. The maximum atomic E-state index is 14.1. The van der Waals surface area contributed by atoms with Gasteiger partial charge in [0, 0.05) is 31.8 Å². The number of amides is 3. The summed E-state index contributed by atoms with van der Waals surface area (Å²) in [5, 5.41) is 3.70. The highest BCUT2D eigenvalue weighted by atomic mass is 79.9. The number of carbonyl (C=O) groups is 3. The summed E-state index contributed by atoms with van der Waals surface area (Å²) in [5.74, 6) is -0.456. The molecule has 9 nitrogen and oxygen atoms in total. The van der Waals surface area contributed by atoms with Crippen molar-refractivity contribution in [3.05, 3.63) is 96.9 Å². The number of hydrogen-bond donors (Lipinski definition) is 2. The van der Waals surface area contributed by atoms with Gasteiger partial charge in [-0.3, -0.25) is 24.1 Å². The highest BCUT2D eigenvalue weighted by Gasteiger charge is 2.69. The Morgan fingerprint density at radius 3 is 2.45 bits per heavy atom. The lowest BCUT2D eigenvalue weighted by atomic mass is 9.68. The van der Waals surface area contributed by atoms with Gasteiger partial charge in [-0.15, -0.1) is 11.8 Å². The quantitative estimate of drug-likeness (QED) is 0.217. The zero-order valence-electron chi connectivity index (χ0n) is 25.4. The number of thioether (sulfide) groups is 1. The fraction of sp³-hybridized carbons (Fsp3) is 0.314. The van der Waals surface area contributed by atoms with Crippen LogP contribution in [0, 0.1) is 36.5 Å². The first-order valence-electron chi connectivity index (χ1n) is 15.4. The smallest absolute Gasteiger partial charge is 0.305 e. The van der Waals surface area contributed by atoms with Crippen LogP contribution in [0.15, 0.2) is 81.0 Å².